The number of methoxy groups -OCH3 is 1. The molecule has 2 aromatic rings. The smallest absolute Gasteiger partial charge is 0.344 e. The van der Waals surface area contributed by atoms with Gasteiger partial charge in [-0.3, -0.25) is 9.10 Å². The number of nitrogens with zero attached hydrogens (tertiary/aromatic N) is 1. The first-order valence-electron chi connectivity index (χ1n) is 9.35. The van der Waals surface area contributed by atoms with Crippen molar-refractivity contribution in [3.8, 4) is 11.5 Å². The van der Waals surface area contributed by atoms with E-state index in [1.807, 2.05) is 0 Å². The van der Waals surface area contributed by atoms with Gasteiger partial charge in [0.2, 0.25) is 10.0 Å². The number of rotatable bonds is 8. The Bertz CT molecular complexity index is 1050. The number of benzene rings is 2. The molecule has 0 saturated carbocycles. The molecule has 0 bridgehead atoms. The number of hydrogen-bond donors (Lipinski definition) is 0. The fraction of sp³-hybridized carbons (Fsp3) is 0.333. The lowest BCUT2D eigenvalue weighted by Crippen LogP contribution is -2.34. The highest BCUT2D eigenvalue weighted by Gasteiger charge is 2.25. The lowest BCUT2D eigenvalue weighted by atomic mass is 9.99. The van der Waals surface area contributed by atoms with Crippen LogP contribution in [0.25, 0.3) is 0 Å². The van der Waals surface area contributed by atoms with Crippen molar-refractivity contribution in [1.82, 2.24) is 0 Å². The number of hydrogen-bond acceptors (Lipinski definition) is 7. The molecule has 1 heterocycles. The Morgan fingerprint density at radius 3 is 2.50 bits per heavy atom. The van der Waals surface area contributed by atoms with Gasteiger partial charge in [-0.2, -0.15) is 0 Å². The molecule has 0 aromatic heterocycles. The second kappa shape index (κ2) is 9.17. The predicted octanol–water partition coefficient (Wildman–Crippen LogP) is 2.21. The molecule has 0 spiro atoms. The molecule has 2 aromatic carbocycles. The monoisotopic (exact) mass is 433 g/mol. The summed E-state index contributed by atoms with van der Waals surface area (Å²) in [6.45, 7) is -0.368. The Hall–Kier alpha value is -3.07. The van der Waals surface area contributed by atoms with E-state index in [0.717, 1.165) is 11.8 Å². The van der Waals surface area contributed by atoms with Crippen LogP contribution in [0.5, 0.6) is 11.5 Å². The number of carbonyl (C=O) groups is 2. The molecular weight excluding hydrogens is 410 g/mol. The molecule has 0 N–H and O–H groups in total. The predicted molar refractivity (Wildman–Crippen MR) is 111 cm³/mol. The third kappa shape index (κ3) is 5.10. The molecule has 8 nitrogen and oxygen atoms in total. The van der Waals surface area contributed by atoms with Gasteiger partial charge in [0, 0.05) is 12.1 Å². The van der Waals surface area contributed by atoms with Crippen molar-refractivity contribution in [2.75, 3.05) is 37.4 Å². The van der Waals surface area contributed by atoms with E-state index in [1.54, 1.807) is 42.5 Å². The number of anilines is 1. The van der Waals surface area contributed by atoms with Gasteiger partial charge < -0.3 is 14.2 Å². The van der Waals surface area contributed by atoms with Crippen LogP contribution in [-0.2, 0) is 26.0 Å². The Labute approximate surface area is 175 Å². The Kier molecular flexibility index (Phi) is 6.61. The number of carbonyl (C=O) groups excluding carboxylic acids is 2. The van der Waals surface area contributed by atoms with E-state index in [0.29, 0.717) is 42.1 Å². The van der Waals surface area contributed by atoms with Crippen LogP contribution in [-0.4, -0.2) is 53.3 Å². The number of sulfonamides is 1. The van der Waals surface area contributed by atoms with Crippen molar-refractivity contribution in [3.63, 3.8) is 0 Å². The van der Waals surface area contributed by atoms with Crippen LogP contribution in [0.4, 0.5) is 5.69 Å². The summed E-state index contributed by atoms with van der Waals surface area (Å²) in [5, 5.41) is 0. The third-order valence-electron chi connectivity index (χ3n) is 4.66. The Morgan fingerprint density at radius 2 is 1.80 bits per heavy atom. The van der Waals surface area contributed by atoms with Crippen molar-refractivity contribution in [2.45, 2.75) is 12.8 Å². The summed E-state index contributed by atoms with van der Waals surface area (Å²) in [6, 6.07) is 11.7. The lowest BCUT2D eigenvalue weighted by molar-refractivity contribution is -0.144. The van der Waals surface area contributed by atoms with E-state index in [-0.39, 0.29) is 12.4 Å². The van der Waals surface area contributed by atoms with Crippen LogP contribution < -0.4 is 13.8 Å². The average Bonchev–Trinajstić information content (AvgIpc) is 2.74. The van der Waals surface area contributed by atoms with Crippen molar-refractivity contribution in [3.05, 3.63) is 53.6 Å². The van der Waals surface area contributed by atoms with Gasteiger partial charge in [0.05, 0.1) is 19.1 Å². The molecule has 9 heteroatoms. The number of esters is 1. The van der Waals surface area contributed by atoms with Gasteiger partial charge in [-0.05, 0) is 48.7 Å². The van der Waals surface area contributed by atoms with Gasteiger partial charge in [-0.25, -0.2) is 13.2 Å². The van der Waals surface area contributed by atoms with Gasteiger partial charge in [-0.1, -0.05) is 12.1 Å². The molecule has 30 heavy (non-hydrogen) atoms. The number of Topliss-reactive ketones (excluding diaryl/α,β-unsaturated/α-hetero) is 1. The van der Waals surface area contributed by atoms with Gasteiger partial charge in [0.1, 0.15) is 0 Å². The van der Waals surface area contributed by atoms with Crippen molar-refractivity contribution in [1.29, 1.82) is 0 Å². The summed E-state index contributed by atoms with van der Waals surface area (Å²) in [4.78, 5) is 24.3. The number of aryl methyl sites for hydroxylation is 1. The topological polar surface area (TPSA) is 99.2 Å². The minimum absolute atomic E-state index is 0.360. The third-order valence-corrected chi connectivity index (χ3v) is 5.84. The highest BCUT2D eigenvalue weighted by Crippen LogP contribution is 2.30. The lowest BCUT2D eigenvalue weighted by Gasteiger charge is -2.29. The van der Waals surface area contributed by atoms with E-state index in [2.05, 4.69) is 0 Å². The second-order valence-corrected chi connectivity index (χ2v) is 8.71. The van der Waals surface area contributed by atoms with Crippen molar-refractivity contribution >= 4 is 27.5 Å². The second-order valence-electron chi connectivity index (χ2n) is 6.81. The van der Waals surface area contributed by atoms with Crippen molar-refractivity contribution in [2.24, 2.45) is 0 Å². The fourth-order valence-electron chi connectivity index (χ4n) is 3.23. The minimum Gasteiger partial charge on any atom is -0.493 e. The first-order chi connectivity index (χ1) is 14.3. The van der Waals surface area contributed by atoms with E-state index >= 15 is 0 Å². The molecule has 1 aliphatic heterocycles. The largest absolute Gasteiger partial charge is 0.493 e. The van der Waals surface area contributed by atoms with Crippen LogP contribution in [0, 0.1) is 0 Å². The number of ketones is 1. The molecule has 3 rings (SSSR count). The highest BCUT2D eigenvalue weighted by atomic mass is 32.2. The zero-order chi connectivity index (χ0) is 21.7. The highest BCUT2D eigenvalue weighted by molar-refractivity contribution is 7.92. The van der Waals surface area contributed by atoms with E-state index in [1.165, 1.54) is 11.4 Å². The molecule has 0 atom stereocenters. The number of para-hydroxylation sites is 2. The Balaban J connectivity index is 1.58. The van der Waals surface area contributed by atoms with E-state index < -0.39 is 22.6 Å². The number of ether oxygens (including phenoxy) is 3. The summed E-state index contributed by atoms with van der Waals surface area (Å²) >= 11 is 0. The molecule has 1 aliphatic rings. The van der Waals surface area contributed by atoms with Crippen LogP contribution >= 0.6 is 0 Å². The Morgan fingerprint density at radius 1 is 1.07 bits per heavy atom. The maximum absolute atomic E-state index is 12.4. The van der Waals surface area contributed by atoms with Gasteiger partial charge in [0.15, 0.2) is 30.5 Å². The molecule has 0 saturated heterocycles. The van der Waals surface area contributed by atoms with Crippen molar-refractivity contribution < 1.29 is 32.2 Å². The average molecular weight is 433 g/mol. The SMILES string of the molecule is COc1ccccc1OCC(=O)OCC(=O)c1ccc2c(c1)CCCN2S(C)(=O)=O. The quantitative estimate of drug-likeness (QED) is 0.465. The molecule has 0 radical (unpaired) electrons. The molecule has 160 valence electrons. The van der Waals surface area contributed by atoms with Crippen LogP contribution in [0.15, 0.2) is 42.5 Å². The summed E-state index contributed by atoms with van der Waals surface area (Å²) in [6.07, 6.45) is 2.51. The zero-order valence-corrected chi connectivity index (χ0v) is 17.6. The van der Waals surface area contributed by atoms with E-state index in [4.69, 9.17) is 14.2 Å². The number of fused-ring (bicyclic) bond motifs is 1. The van der Waals surface area contributed by atoms with Gasteiger partial charge in [-0.15, -0.1) is 0 Å². The molecule has 0 amide bonds. The molecular formula is C21H23NO7S. The minimum atomic E-state index is -3.37. The van der Waals surface area contributed by atoms with Gasteiger partial charge >= 0.3 is 5.97 Å². The molecule has 0 unspecified atom stereocenters. The summed E-state index contributed by atoms with van der Waals surface area (Å²) in [5.74, 6) is -0.178. The van der Waals surface area contributed by atoms with Crippen LogP contribution in [0.1, 0.15) is 22.3 Å². The van der Waals surface area contributed by atoms with Gasteiger partial charge in [0.25, 0.3) is 0 Å². The maximum atomic E-state index is 12.4. The van der Waals surface area contributed by atoms with Crippen LogP contribution in [0.2, 0.25) is 0 Å². The fourth-order valence-corrected chi connectivity index (χ4v) is 4.22. The maximum Gasteiger partial charge on any atom is 0.344 e. The van der Waals surface area contributed by atoms with Crippen LogP contribution in [0.3, 0.4) is 0 Å². The van der Waals surface area contributed by atoms with E-state index in [9.17, 15) is 18.0 Å². The first-order valence-corrected chi connectivity index (χ1v) is 11.2. The normalized spacial score (nSPS) is 13.3. The summed E-state index contributed by atoms with van der Waals surface area (Å²) < 4.78 is 40.7. The standard InChI is InChI=1S/C21H23NO7S/c1-27-19-7-3-4-8-20(19)28-14-21(24)29-13-18(23)16-9-10-17-15(12-16)6-5-11-22(17)30(2,25)26/h3-4,7-10,12H,5-6,11,13-14H2,1-2H3. The molecule has 0 fully saturated rings. The first kappa shape index (κ1) is 21.6. The zero-order valence-electron chi connectivity index (χ0n) is 16.8. The summed E-state index contributed by atoms with van der Waals surface area (Å²) in [5.41, 5.74) is 1.73. The summed E-state index contributed by atoms with van der Waals surface area (Å²) in [7, 11) is -1.88. The molecule has 0 aliphatic carbocycles.